The summed E-state index contributed by atoms with van der Waals surface area (Å²) in [4.78, 5) is 4.32. The first-order valence-corrected chi connectivity index (χ1v) is 10.6. The van der Waals surface area contributed by atoms with Crippen LogP contribution in [0.25, 0.3) is 0 Å². The molecular weight excluding hydrogens is 406 g/mol. The van der Waals surface area contributed by atoms with Crippen LogP contribution in [0.1, 0.15) is 48.1 Å². The number of hydrogen-bond donors (Lipinski definition) is 0. The van der Waals surface area contributed by atoms with Gasteiger partial charge in [0.25, 0.3) is 0 Å². The van der Waals surface area contributed by atoms with Gasteiger partial charge in [-0.1, -0.05) is 25.0 Å². The second-order valence-electron chi connectivity index (χ2n) is 8.10. The van der Waals surface area contributed by atoms with Crippen molar-refractivity contribution in [2.45, 2.75) is 56.5 Å². The maximum atomic E-state index is 5.58. The van der Waals surface area contributed by atoms with Gasteiger partial charge in [0.05, 0.1) is 7.11 Å². The van der Waals surface area contributed by atoms with Crippen molar-refractivity contribution in [3.63, 3.8) is 0 Å². The molecule has 2 fully saturated rings. The van der Waals surface area contributed by atoms with Crippen LogP contribution >= 0.6 is 28.3 Å². The normalized spacial score (nSPS) is 30.0. The van der Waals surface area contributed by atoms with Gasteiger partial charge in [0.1, 0.15) is 5.75 Å². The van der Waals surface area contributed by atoms with Gasteiger partial charge in [0.2, 0.25) is 0 Å². The van der Waals surface area contributed by atoms with Crippen LogP contribution in [-0.4, -0.2) is 24.6 Å². The number of likely N-dealkylation sites (tertiary alicyclic amines) is 1. The smallest absolute Gasteiger partial charge is 0.119 e. The van der Waals surface area contributed by atoms with Gasteiger partial charge >= 0.3 is 0 Å². The zero-order chi connectivity index (χ0) is 16.9. The van der Waals surface area contributed by atoms with Gasteiger partial charge in [-0.05, 0) is 72.9 Å². The molecule has 1 aromatic heterocycles. The minimum atomic E-state index is 0. The van der Waals surface area contributed by atoms with Gasteiger partial charge in [-0.2, -0.15) is 0 Å². The van der Waals surface area contributed by atoms with E-state index in [1.54, 1.807) is 18.2 Å². The second-order valence-corrected chi connectivity index (χ2v) is 9.14. The minimum absolute atomic E-state index is 0. The molecule has 0 unspecified atom stereocenters. The number of halogens is 1. The molecule has 2 bridgehead atoms. The fourth-order valence-electron chi connectivity index (χ4n) is 5.99. The molecule has 140 valence electrons. The van der Waals surface area contributed by atoms with Crippen molar-refractivity contribution in [1.29, 1.82) is 0 Å². The van der Waals surface area contributed by atoms with E-state index in [0.717, 1.165) is 24.3 Å². The standard InChI is InChI=1S/C22H27NOS.BrH/c1-24-17-8-7-16-13-21-19-6-2-3-9-22(19,20(16)14-17)10-11-23(21)15-18-5-4-12-25-18;/h4-5,7-8,12,14,19,21H,2-3,6,9-11,13,15H2,1H3;1H/t19-,21-,22+;/m0./s1. The van der Waals surface area contributed by atoms with Crippen LogP contribution in [0.5, 0.6) is 5.75 Å². The lowest BCUT2D eigenvalue weighted by Gasteiger charge is -2.59. The lowest BCUT2D eigenvalue weighted by Crippen LogP contribution is -2.60. The number of fused-ring (bicyclic) bond motifs is 1. The summed E-state index contributed by atoms with van der Waals surface area (Å²) in [6.07, 6.45) is 8.13. The van der Waals surface area contributed by atoms with Crippen LogP contribution in [0.2, 0.25) is 0 Å². The Morgan fingerprint density at radius 3 is 2.96 bits per heavy atom. The highest BCUT2D eigenvalue weighted by Gasteiger charge is 2.53. The molecular formula is C22H28BrNOS. The van der Waals surface area contributed by atoms with Crippen LogP contribution in [0, 0.1) is 5.92 Å². The number of piperidine rings is 1. The lowest BCUT2D eigenvalue weighted by atomic mass is 9.52. The van der Waals surface area contributed by atoms with Gasteiger partial charge < -0.3 is 4.74 Å². The van der Waals surface area contributed by atoms with Crippen molar-refractivity contribution in [2.75, 3.05) is 13.7 Å². The highest BCUT2D eigenvalue weighted by molar-refractivity contribution is 8.93. The van der Waals surface area contributed by atoms with Crippen LogP contribution in [0.4, 0.5) is 0 Å². The Morgan fingerprint density at radius 1 is 1.23 bits per heavy atom. The van der Waals surface area contributed by atoms with Crippen molar-refractivity contribution in [1.82, 2.24) is 4.90 Å². The summed E-state index contributed by atoms with van der Waals surface area (Å²) in [5.74, 6) is 1.87. The number of benzene rings is 1. The van der Waals surface area contributed by atoms with E-state index in [9.17, 15) is 0 Å². The summed E-state index contributed by atoms with van der Waals surface area (Å²) < 4.78 is 5.58. The number of ether oxygens (including phenoxy) is 1. The quantitative estimate of drug-likeness (QED) is 0.624. The number of thiophene rings is 1. The van der Waals surface area contributed by atoms with Crippen LogP contribution in [-0.2, 0) is 18.4 Å². The van der Waals surface area contributed by atoms with E-state index < -0.39 is 0 Å². The molecule has 1 saturated heterocycles. The van der Waals surface area contributed by atoms with Crippen LogP contribution in [0.15, 0.2) is 35.7 Å². The Bertz CT molecular complexity index is 762. The molecule has 26 heavy (non-hydrogen) atoms. The number of nitrogens with zero attached hydrogens (tertiary/aromatic N) is 1. The highest BCUT2D eigenvalue weighted by Crippen LogP contribution is 2.56. The van der Waals surface area contributed by atoms with Crippen LogP contribution in [0.3, 0.4) is 0 Å². The monoisotopic (exact) mass is 433 g/mol. The predicted octanol–water partition coefficient (Wildman–Crippen LogP) is 5.59. The van der Waals surface area contributed by atoms with Gasteiger partial charge in [-0.15, -0.1) is 28.3 Å². The first-order valence-electron chi connectivity index (χ1n) is 9.74. The fourth-order valence-corrected chi connectivity index (χ4v) is 6.72. The van der Waals surface area contributed by atoms with Gasteiger partial charge in [0.15, 0.2) is 0 Å². The summed E-state index contributed by atoms with van der Waals surface area (Å²) in [6.45, 7) is 2.39. The number of hydrogen-bond acceptors (Lipinski definition) is 3. The summed E-state index contributed by atoms with van der Waals surface area (Å²) >= 11 is 1.91. The molecule has 2 nitrogen and oxygen atoms in total. The zero-order valence-electron chi connectivity index (χ0n) is 15.4. The summed E-state index contributed by atoms with van der Waals surface area (Å²) in [6, 6.07) is 12.1. The SMILES string of the molecule is Br.COc1ccc2c(c1)[C@@]13CCCC[C@H]1[C@H](C2)N(Cc1cccs1)CC3. The fraction of sp³-hybridized carbons (Fsp3) is 0.545. The van der Waals surface area contributed by atoms with Crippen molar-refractivity contribution < 1.29 is 4.74 Å². The molecule has 0 amide bonds. The molecule has 2 aliphatic carbocycles. The van der Waals surface area contributed by atoms with Gasteiger partial charge in [-0.3, -0.25) is 4.90 Å². The third-order valence-corrected chi connectivity index (χ3v) is 7.96. The maximum absolute atomic E-state index is 5.58. The van der Waals surface area contributed by atoms with Gasteiger partial charge in [-0.25, -0.2) is 0 Å². The molecule has 1 saturated carbocycles. The highest BCUT2D eigenvalue weighted by atomic mass is 79.9. The molecule has 0 N–H and O–H groups in total. The molecule has 0 spiro atoms. The molecule has 4 heteroatoms. The molecule has 2 heterocycles. The minimum Gasteiger partial charge on any atom is -0.497 e. The first kappa shape index (κ1) is 18.5. The summed E-state index contributed by atoms with van der Waals surface area (Å²) in [7, 11) is 1.80. The summed E-state index contributed by atoms with van der Waals surface area (Å²) in [5, 5.41) is 2.21. The molecule has 3 aliphatic rings. The molecule has 1 aliphatic heterocycles. The molecule has 0 radical (unpaired) electrons. The van der Waals surface area contributed by atoms with E-state index in [4.69, 9.17) is 4.74 Å². The van der Waals surface area contributed by atoms with E-state index in [2.05, 4.69) is 40.6 Å². The largest absolute Gasteiger partial charge is 0.497 e. The van der Waals surface area contributed by atoms with E-state index in [1.807, 2.05) is 11.3 Å². The van der Waals surface area contributed by atoms with Crippen molar-refractivity contribution in [3.8, 4) is 5.75 Å². The topological polar surface area (TPSA) is 12.5 Å². The Balaban J connectivity index is 0.00000168. The Labute approximate surface area is 171 Å². The Kier molecular flexibility index (Phi) is 5.19. The van der Waals surface area contributed by atoms with Crippen molar-refractivity contribution in [3.05, 3.63) is 51.7 Å². The third kappa shape index (κ3) is 2.85. The number of rotatable bonds is 3. The molecule has 1 aromatic carbocycles. The molecule has 2 aromatic rings. The average molecular weight is 434 g/mol. The number of methoxy groups -OCH3 is 1. The lowest BCUT2D eigenvalue weighted by molar-refractivity contribution is -0.0152. The average Bonchev–Trinajstić information content (AvgIpc) is 3.17. The van der Waals surface area contributed by atoms with Crippen molar-refractivity contribution in [2.24, 2.45) is 5.92 Å². The van der Waals surface area contributed by atoms with E-state index >= 15 is 0 Å². The summed E-state index contributed by atoms with van der Waals surface area (Å²) in [5.41, 5.74) is 3.63. The Morgan fingerprint density at radius 2 is 2.15 bits per heavy atom. The zero-order valence-corrected chi connectivity index (χ0v) is 18.0. The maximum Gasteiger partial charge on any atom is 0.119 e. The van der Waals surface area contributed by atoms with E-state index in [-0.39, 0.29) is 17.0 Å². The van der Waals surface area contributed by atoms with E-state index in [1.165, 1.54) is 49.9 Å². The third-order valence-electron chi connectivity index (χ3n) is 7.10. The first-order chi connectivity index (χ1) is 12.3. The van der Waals surface area contributed by atoms with E-state index in [0.29, 0.717) is 5.41 Å². The molecule has 5 rings (SSSR count). The Hall–Kier alpha value is -0.840. The second kappa shape index (κ2) is 7.29. The van der Waals surface area contributed by atoms with Gasteiger partial charge in [0, 0.05) is 22.9 Å². The van der Waals surface area contributed by atoms with Crippen molar-refractivity contribution >= 4 is 28.3 Å². The predicted molar refractivity (Wildman–Crippen MR) is 114 cm³/mol. The van der Waals surface area contributed by atoms with Crippen LogP contribution < -0.4 is 4.74 Å². The molecule has 3 atom stereocenters.